The van der Waals surface area contributed by atoms with Crippen LogP contribution in [0.2, 0.25) is 0 Å². The van der Waals surface area contributed by atoms with Crippen molar-refractivity contribution in [2.24, 2.45) is 0 Å². The molecule has 1 fully saturated rings. The van der Waals surface area contributed by atoms with Crippen LogP contribution in [-0.4, -0.2) is 60.0 Å². The average Bonchev–Trinajstić information content (AvgIpc) is 2.94. The lowest BCUT2D eigenvalue weighted by Crippen LogP contribution is -2.58. The number of aliphatic hydroxyl groups is 1. The van der Waals surface area contributed by atoms with Crippen LogP contribution in [-0.2, 0) is 16.1 Å². The maximum Gasteiger partial charge on any atom is 0.255 e. The van der Waals surface area contributed by atoms with Gasteiger partial charge in [0, 0.05) is 32.8 Å². The fourth-order valence-electron chi connectivity index (χ4n) is 2.37. The minimum atomic E-state index is -1.34. The van der Waals surface area contributed by atoms with Crippen molar-refractivity contribution in [2.45, 2.75) is 25.0 Å². The Hall–Kier alpha value is -1.44. The van der Waals surface area contributed by atoms with Crippen LogP contribution in [0.4, 0.5) is 0 Å². The summed E-state index contributed by atoms with van der Waals surface area (Å²) in [5.41, 5.74) is -1.34. The molecule has 1 aromatic rings. The van der Waals surface area contributed by atoms with Gasteiger partial charge in [-0.2, -0.15) is 0 Å². The Morgan fingerprint density at radius 1 is 1.65 bits per heavy atom. The summed E-state index contributed by atoms with van der Waals surface area (Å²) in [5, 5.41) is 17.1. The molecule has 0 radical (unpaired) electrons. The minimum absolute atomic E-state index is 0.204. The lowest BCUT2D eigenvalue weighted by molar-refractivity contribution is -0.157. The summed E-state index contributed by atoms with van der Waals surface area (Å²) in [6, 6.07) is 1.74. The predicted octanol–water partition coefficient (Wildman–Crippen LogP) is -0.236. The van der Waals surface area contributed by atoms with Crippen LogP contribution < -0.4 is 5.32 Å². The Kier molecular flexibility index (Phi) is 5.11. The summed E-state index contributed by atoms with van der Waals surface area (Å²) in [6.45, 7) is 2.31. The van der Waals surface area contributed by atoms with Gasteiger partial charge in [-0.15, -0.1) is 0 Å². The zero-order valence-corrected chi connectivity index (χ0v) is 11.7. The zero-order valence-electron chi connectivity index (χ0n) is 11.7. The van der Waals surface area contributed by atoms with Crippen molar-refractivity contribution < 1.29 is 19.2 Å². The largest absolute Gasteiger partial charge is 0.383 e. The fraction of sp³-hybridized carbons (Fsp3) is 0.692. The van der Waals surface area contributed by atoms with E-state index in [1.54, 1.807) is 24.3 Å². The first-order valence-corrected chi connectivity index (χ1v) is 6.77. The van der Waals surface area contributed by atoms with E-state index in [0.717, 1.165) is 6.42 Å². The van der Waals surface area contributed by atoms with E-state index in [1.165, 1.54) is 0 Å². The number of methoxy groups -OCH3 is 1. The molecule has 1 saturated heterocycles. The molecule has 7 nitrogen and oxygen atoms in total. The number of nitrogens with one attached hydrogen (secondary N) is 1. The number of piperidine rings is 1. The second kappa shape index (κ2) is 6.83. The SMILES string of the molecule is COCCN1CCCC(O)(CNCc2ccno2)C1=O. The number of ether oxygens (including phenoxy) is 1. The van der Waals surface area contributed by atoms with E-state index in [9.17, 15) is 9.90 Å². The lowest BCUT2D eigenvalue weighted by atomic mass is 9.91. The van der Waals surface area contributed by atoms with Crippen LogP contribution in [0.15, 0.2) is 16.8 Å². The molecule has 1 amide bonds. The molecule has 2 N–H and O–H groups in total. The van der Waals surface area contributed by atoms with Crippen molar-refractivity contribution in [3.8, 4) is 0 Å². The summed E-state index contributed by atoms with van der Waals surface area (Å²) in [7, 11) is 1.60. The van der Waals surface area contributed by atoms with E-state index < -0.39 is 5.60 Å². The Morgan fingerprint density at radius 3 is 3.20 bits per heavy atom. The van der Waals surface area contributed by atoms with Gasteiger partial charge in [-0.25, -0.2) is 0 Å². The van der Waals surface area contributed by atoms with Gasteiger partial charge >= 0.3 is 0 Å². The first-order chi connectivity index (χ1) is 9.65. The Labute approximate surface area is 117 Å². The molecule has 0 spiro atoms. The molecule has 112 valence electrons. The van der Waals surface area contributed by atoms with Gasteiger partial charge in [0.15, 0.2) is 5.60 Å². The number of likely N-dealkylation sites (tertiary alicyclic amines) is 1. The van der Waals surface area contributed by atoms with Crippen molar-refractivity contribution in [2.75, 3.05) is 33.4 Å². The van der Waals surface area contributed by atoms with E-state index in [2.05, 4.69) is 10.5 Å². The topological polar surface area (TPSA) is 87.8 Å². The normalized spacial score (nSPS) is 23.3. The lowest BCUT2D eigenvalue weighted by Gasteiger charge is -2.38. The van der Waals surface area contributed by atoms with Gasteiger partial charge in [0.2, 0.25) is 0 Å². The maximum absolute atomic E-state index is 12.3. The first kappa shape index (κ1) is 15.0. The molecular weight excluding hydrogens is 262 g/mol. The highest BCUT2D eigenvalue weighted by Crippen LogP contribution is 2.22. The highest BCUT2D eigenvalue weighted by Gasteiger charge is 2.41. The van der Waals surface area contributed by atoms with Gasteiger partial charge < -0.3 is 24.6 Å². The van der Waals surface area contributed by atoms with Gasteiger partial charge in [-0.1, -0.05) is 5.16 Å². The van der Waals surface area contributed by atoms with Gasteiger partial charge in [0.25, 0.3) is 5.91 Å². The van der Waals surface area contributed by atoms with Gasteiger partial charge in [-0.3, -0.25) is 4.79 Å². The average molecular weight is 283 g/mol. The number of amides is 1. The van der Waals surface area contributed by atoms with E-state index in [-0.39, 0.29) is 12.5 Å². The third-order valence-corrected chi connectivity index (χ3v) is 3.48. The standard InChI is InChI=1S/C13H21N3O4/c1-19-8-7-16-6-2-4-13(18,12(16)17)10-14-9-11-3-5-15-20-11/h3,5,14,18H,2,4,6-10H2,1H3. The molecule has 0 aromatic carbocycles. The van der Waals surface area contributed by atoms with Crippen molar-refractivity contribution >= 4 is 5.91 Å². The van der Waals surface area contributed by atoms with Crippen molar-refractivity contribution in [1.29, 1.82) is 0 Å². The third kappa shape index (κ3) is 3.56. The second-order valence-electron chi connectivity index (χ2n) is 5.00. The second-order valence-corrected chi connectivity index (χ2v) is 5.00. The quantitative estimate of drug-likeness (QED) is 0.718. The van der Waals surface area contributed by atoms with Gasteiger partial charge in [0.05, 0.1) is 19.3 Å². The number of rotatable bonds is 7. The molecule has 0 aliphatic carbocycles. The Balaban J connectivity index is 1.85. The molecule has 2 rings (SSSR count). The van der Waals surface area contributed by atoms with Gasteiger partial charge in [0.1, 0.15) is 5.76 Å². The monoisotopic (exact) mass is 283 g/mol. The zero-order chi connectivity index (χ0) is 14.4. The number of hydrogen-bond acceptors (Lipinski definition) is 6. The number of carbonyl (C=O) groups excluding carboxylic acids is 1. The molecule has 0 bridgehead atoms. The highest BCUT2D eigenvalue weighted by molar-refractivity contribution is 5.86. The van der Waals surface area contributed by atoms with Crippen LogP contribution in [0.1, 0.15) is 18.6 Å². The van der Waals surface area contributed by atoms with E-state index in [0.29, 0.717) is 38.4 Å². The predicted molar refractivity (Wildman–Crippen MR) is 70.8 cm³/mol. The molecule has 1 aliphatic heterocycles. The molecule has 1 unspecified atom stereocenters. The highest BCUT2D eigenvalue weighted by atomic mass is 16.5. The summed E-state index contributed by atoms with van der Waals surface area (Å²) in [6.07, 6.45) is 2.82. The summed E-state index contributed by atoms with van der Waals surface area (Å²) in [5.74, 6) is 0.443. The first-order valence-electron chi connectivity index (χ1n) is 6.77. The number of carbonyl (C=O) groups is 1. The van der Waals surface area contributed by atoms with Crippen LogP contribution in [0.5, 0.6) is 0 Å². The van der Waals surface area contributed by atoms with Crippen molar-refractivity contribution in [1.82, 2.24) is 15.4 Å². The molecule has 1 aliphatic rings. The van der Waals surface area contributed by atoms with Crippen LogP contribution >= 0.6 is 0 Å². The van der Waals surface area contributed by atoms with Crippen LogP contribution in [0, 0.1) is 0 Å². The van der Waals surface area contributed by atoms with Gasteiger partial charge in [-0.05, 0) is 12.8 Å². The molecular formula is C13H21N3O4. The summed E-state index contributed by atoms with van der Waals surface area (Å²) in [4.78, 5) is 13.9. The Morgan fingerprint density at radius 2 is 2.50 bits per heavy atom. The molecule has 0 saturated carbocycles. The number of aromatic nitrogens is 1. The molecule has 7 heteroatoms. The van der Waals surface area contributed by atoms with Crippen LogP contribution in [0.3, 0.4) is 0 Å². The van der Waals surface area contributed by atoms with Crippen molar-refractivity contribution in [3.05, 3.63) is 18.0 Å². The maximum atomic E-state index is 12.3. The summed E-state index contributed by atoms with van der Waals surface area (Å²) < 4.78 is 9.93. The summed E-state index contributed by atoms with van der Waals surface area (Å²) >= 11 is 0. The van der Waals surface area contributed by atoms with Crippen molar-refractivity contribution in [3.63, 3.8) is 0 Å². The third-order valence-electron chi connectivity index (χ3n) is 3.48. The van der Waals surface area contributed by atoms with E-state index in [1.807, 2.05) is 0 Å². The fourth-order valence-corrected chi connectivity index (χ4v) is 2.37. The molecule has 20 heavy (non-hydrogen) atoms. The van der Waals surface area contributed by atoms with E-state index >= 15 is 0 Å². The molecule has 1 atom stereocenters. The van der Waals surface area contributed by atoms with Crippen LogP contribution in [0.25, 0.3) is 0 Å². The number of nitrogens with zero attached hydrogens (tertiary/aromatic N) is 2. The Bertz CT molecular complexity index is 423. The minimum Gasteiger partial charge on any atom is -0.383 e. The number of hydrogen-bond donors (Lipinski definition) is 2. The molecule has 2 heterocycles. The molecule has 1 aromatic heterocycles. The smallest absolute Gasteiger partial charge is 0.255 e. The van der Waals surface area contributed by atoms with E-state index in [4.69, 9.17) is 9.26 Å².